The second-order valence-electron chi connectivity index (χ2n) is 7.40. The molecule has 158 valence electrons. The standard InChI is InChI=1S/C23H28N4O3/c1-16-8-3-4-9-18(16)12-13-19-10-7-11-20(22(19)29)24-25-21-17(2)26-27(23(21)30)14-5-6-15-28/h4,7,9-13,26,28-29H,3,5-6,8,14-15H2,1-2H3/b13-12+,25-24?. The number of aliphatic hydroxyl groups is 1. The number of allylic oxidation sites excluding steroid dienone is 5. The van der Waals surface area contributed by atoms with Gasteiger partial charge in [0.2, 0.25) is 0 Å². The SMILES string of the molecule is CC1=C(/C=C/c2cccc(N=Nc3c(C)[nH]n(CCCCO)c3=O)c2O)C=CCC1. The summed E-state index contributed by atoms with van der Waals surface area (Å²) in [4.78, 5) is 12.5. The normalized spacial score (nSPS) is 14.5. The van der Waals surface area contributed by atoms with Crippen LogP contribution < -0.4 is 5.56 Å². The molecule has 1 aromatic heterocycles. The number of hydrogen-bond donors (Lipinski definition) is 3. The number of para-hydroxylation sites is 1. The van der Waals surface area contributed by atoms with E-state index in [2.05, 4.69) is 34.4 Å². The van der Waals surface area contributed by atoms with Crippen LogP contribution in [0.4, 0.5) is 11.4 Å². The lowest BCUT2D eigenvalue weighted by molar-refractivity contribution is 0.280. The van der Waals surface area contributed by atoms with Crippen LogP contribution in [0.5, 0.6) is 5.75 Å². The van der Waals surface area contributed by atoms with Gasteiger partial charge in [-0.3, -0.25) is 14.6 Å². The smallest absolute Gasteiger partial charge is 0.294 e. The average molecular weight is 409 g/mol. The van der Waals surface area contributed by atoms with Gasteiger partial charge in [0.15, 0.2) is 5.69 Å². The van der Waals surface area contributed by atoms with Crippen LogP contribution in [0.1, 0.15) is 43.9 Å². The molecule has 1 aliphatic rings. The number of aliphatic hydroxyl groups excluding tert-OH is 1. The van der Waals surface area contributed by atoms with Crippen LogP contribution >= 0.6 is 0 Å². The molecular weight excluding hydrogens is 380 g/mol. The molecule has 0 unspecified atom stereocenters. The minimum Gasteiger partial charge on any atom is -0.505 e. The Balaban J connectivity index is 1.81. The molecule has 0 saturated carbocycles. The van der Waals surface area contributed by atoms with Crippen molar-refractivity contribution in [1.82, 2.24) is 9.78 Å². The highest BCUT2D eigenvalue weighted by Gasteiger charge is 2.11. The lowest BCUT2D eigenvalue weighted by Crippen LogP contribution is -2.16. The van der Waals surface area contributed by atoms with E-state index < -0.39 is 0 Å². The zero-order chi connectivity index (χ0) is 21.5. The van der Waals surface area contributed by atoms with Gasteiger partial charge in [0.1, 0.15) is 11.4 Å². The van der Waals surface area contributed by atoms with Crippen molar-refractivity contribution in [2.24, 2.45) is 10.2 Å². The summed E-state index contributed by atoms with van der Waals surface area (Å²) in [5.41, 5.74) is 3.96. The number of nitrogens with zero attached hydrogens (tertiary/aromatic N) is 3. The van der Waals surface area contributed by atoms with Gasteiger partial charge in [0.25, 0.3) is 5.56 Å². The number of aromatic nitrogens is 2. The number of aromatic amines is 1. The van der Waals surface area contributed by atoms with Crippen molar-refractivity contribution in [2.45, 2.75) is 46.1 Å². The minimum absolute atomic E-state index is 0.0204. The van der Waals surface area contributed by atoms with Gasteiger partial charge in [0.05, 0.1) is 5.69 Å². The van der Waals surface area contributed by atoms with E-state index in [1.165, 1.54) is 10.3 Å². The molecule has 1 heterocycles. The summed E-state index contributed by atoms with van der Waals surface area (Å²) in [6.45, 7) is 4.44. The number of rotatable bonds is 8. The predicted molar refractivity (Wildman–Crippen MR) is 119 cm³/mol. The first-order valence-electron chi connectivity index (χ1n) is 10.2. The van der Waals surface area contributed by atoms with Crippen LogP contribution in [0.15, 0.2) is 62.6 Å². The van der Waals surface area contributed by atoms with Crippen LogP contribution in [-0.2, 0) is 6.54 Å². The first kappa shape index (κ1) is 21.5. The van der Waals surface area contributed by atoms with Crippen LogP contribution in [0, 0.1) is 6.92 Å². The fraction of sp³-hybridized carbons (Fsp3) is 0.348. The largest absolute Gasteiger partial charge is 0.505 e. The Hall–Kier alpha value is -3.19. The Morgan fingerprint density at radius 3 is 2.80 bits per heavy atom. The number of phenolic OH excluding ortho intramolecular Hbond substituents is 1. The quantitative estimate of drug-likeness (QED) is 0.420. The van der Waals surface area contributed by atoms with E-state index >= 15 is 0 Å². The Labute approximate surface area is 175 Å². The molecule has 3 rings (SSSR count). The molecule has 0 saturated heterocycles. The maximum absolute atomic E-state index is 12.5. The molecule has 2 aromatic rings. The van der Waals surface area contributed by atoms with E-state index in [4.69, 9.17) is 5.11 Å². The van der Waals surface area contributed by atoms with Crippen molar-refractivity contribution in [3.05, 3.63) is 69.2 Å². The second-order valence-corrected chi connectivity index (χ2v) is 7.40. The third-order valence-electron chi connectivity index (χ3n) is 5.12. The number of unbranched alkanes of at least 4 members (excludes halogenated alkanes) is 1. The van der Waals surface area contributed by atoms with Crippen LogP contribution in [0.3, 0.4) is 0 Å². The first-order chi connectivity index (χ1) is 14.5. The van der Waals surface area contributed by atoms with Gasteiger partial charge < -0.3 is 10.2 Å². The van der Waals surface area contributed by atoms with Crippen LogP contribution in [0.25, 0.3) is 6.08 Å². The number of aryl methyl sites for hydroxylation is 2. The molecule has 0 fully saturated rings. The lowest BCUT2D eigenvalue weighted by Gasteiger charge is -2.08. The zero-order valence-electron chi connectivity index (χ0n) is 17.4. The third kappa shape index (κ3) is 5.04. The Kier molecular flexibility index (Phi) is 7.19. The molecule has 0 spiro atoms. The molecule has 7 heteroatoms. The van der Waals surface area contributed by atoms with Gasteiger partial charge in [-0.25, -0.2) is 0 Å². The molecule has 1 aliphatic carbocycles. The average Bonchev–Trinajstić information content (AvgIpc) is 3.00. The molecule has 0 atom stereocenters. The summed E-state index contributed by atoms with van der Waals surface area (Å²) in [6, 6.07) is 5.26. The van der Waals surface area contributed by atoms with Gasteiger partial charge in [-0.2, -0.15) is 0 Å². The number of hydrogen-bond acceptors (Lipinski definition) is 5. The predicted octanol–water partition coefficient (Wildman–Crippen LogP) is 5.06. The molecule has 0 amide bonds. The molecule has 3 N–H and O–H groups in total. The molecule has 0 aliphatic heterocycles. The molecule has 30 heavy (non-hydrogen) atoms. The second kappa shape index (κ2) is 10.0. The van der Waals surface area contributed by atoms with E-state index in [0.29, 0.717) is 36.3 Å². The maximum Gasteiger partial charge on any atom is 0.294 e. The first-order valence-corrected chi connectivity index (χ1v) is 10.2. The van der Waals surface area contributed by atoms with E-state index in [1.807, 2.05) is 18.2 Å². The van der Waals surface area contributed by atoms with E-state index in [0.717, 1.165) is 18.4 Å². The van der Waals surface area contributed by atoms with Gasteiger partial charge in [-0.05, 0) is 51.2 Å². The summed E-state index contributed by atoms with van der Waals surface area (Å²) in [5.74, 6) is 0.0204. The number of phenols is 1. The number of aromatic hydroxyl groups is 1. The molecule has 0 bridgehead atoms. The van der Waals surface area contributed by atoms with Crippen molar-refractivity contribution in [3.8, 4) is 5.75 Å². The van der Waals surface area contributed by atoms with Crippen molar-refractivity contribution in [3.63, 3.8) is 0 Å². The van der Waals surface area contributed by atoms with Crippen molar-refractivity contribution < 1.29 is 10.2 Å². The van der Waals surface area contributed by atoms with Crippen molar-refractivity contribution in [2.75, 3.05) is 6.61 Å². The third-order valence-corrected chi connectivity index (χ3v) is 5.12. The van der Waals surface area contributed by atoms with Gasteiger partial charge in [0, 0.05) is 18.7 Å². The fourth-order valence-electron chi connectivity index (χ4n) is 3.29. The number of H-pyrrole nitrogens is 1. The number of benzene rings is 1. The van der Waals surface area contributed by atoms with Crippen LogP contribution in [0.2, 0.25) is 0 Å². The van der Waals surface area contributed by atoms with Gasteiger partial charge in [-0.1, -0.05) is 42.0 Å². The maximum atomic E-state index is 12.5. The highest BCUT2D eigenvalue weighted by Crippen LogP contribution is 2.33. The van der Waals surface area contributed by atoms with Gasteiger partial charge >= 0.3 is 0 Å². The summed E-state index contributed by atoms with van der Waals surface area (Å²) in [5, 5.41) is 30.7. The summed E-state index contributed by atoms with van der Waals surface area (Å²) in [6.07, 6.45) is 11.5. The molecule has 7 nitrogen and oxygen atoms in total. The summed E-state index contributed by atoms with van der Waals surface area (Å²) in [7, 11) is 0. The fourth-order valence-corrected chi connectivity index (χ4v) is 3.29. The number of nitrogens with one attached hydrogen (secondary N) is 1. The molecule has 1 aromatic carbocycles. The zero-order valence-corrected chi connectivity index (χ0v) is 17.4. The lowest BCUT2D eigenvalue weighted by atomic mass is 9.98. The summed E-state index contributed by atoms with van der Waals surface area (Å²) >= 11 is 0. The number of azo groups is 1. The molecular formula is C23H28N4O3. The van der Waals surface area contributed by atoms with E-state index in [-0.39, 0.29) is 23.6 Å². The molecule has 0 radical (unpaired) electrons. The monoisotopic (exact) mass is 408 g/mol. The Bertz CT molecular complexity index is 1070. The highest BCUT2D eigenvalue weighted by atomic mass is 16.3. The van der Waals surface area contributed by atoms with E-state index in [1.54, 1.807) is 19.1 Å². The van der Waals surface area contributed by atoms with Crippen molar-refractivity contribution in [1.29, 1.82) is 0 Å². The topological polar surface area (TPSA) is 103 Å². The minimum atomic E-state index is -0.267. The van der Waals surface area contributed by atoms with Crippen LogP contribution in [-0.4, -0.2) is 26.6 Å². The van der Waals surface area contributed by atoms with Crippen molar-refractivity contribution >= 4 is 17.5 Å². The van der Waals surface area contributed by atoms with E-state index in [9.17, 15) is 9.90 Å². The van der Waals surface area contributed by atoms with Gasteiger partial charge in [-0.15, -0.1) is 10.2 Å². The summed E-state index contributed by atoms with van der Waals surface area (Å²) < 4.78 is 1.46. The highest BCUT2D eigenvalue weighted by molar-refractivity contribution is 5.68. The Morgan fingerprint density at radius 2 is 2.03 bits per heavy atom. The Morgan fingerprint density at radius 1 is 1.20 bits per heavy atom.